The van der Waals surface area contributed by atoms with Gasteiger partial charge in [-0.1, -0.05) is 29.8 Å². The fraction of sp³-hybridized carbons (Fsp3) is 0.273. The van der Waals surface area contributed by atoms with Crippen molar-refractivity contribution in [2.24, 2.45) is 0 Å². The van der Waals surface area contributed by atoms with E-state index in [1.54, 1.807) is 0 Å². The molecule has 140 valence electrons. The maximum absolute atomic E-state index is 12.3. The first-order valence-electron chi connectivity index (χ1n) is 8.87. The number of aryl methyl sites for hydroxylation is 5. The molecule has 1 heterocycles. The Labute approximate surface area is 164 Å². The van der Waals surface area contributed by atoms with Gasteiger partial charge in [0.05, 0.1) is 5.69 Å². The molecule has 0 aliphatic heterocycles. The Kier molecular flexibility index (Phi) is 5.61. The molecular weight excluding hydrogens is 356 g/mol. The van der Waals surface area contributed by atoms with Gasteiger partial charge in [-0.25, -0.2) is 4.98 Å². The SMILES string of the molecule is Cc1cc(C)c(OCC(=O)Nc2nc(-c3ccc(C)c(C)c3)cs2)c(C)c1. The van der Waals surface area contributed by atoms with Crippen LogP contribution in [0.5, 0.6) is 5.75 Å². The fourth-order valence-corrected chi connectivity index (χ4v) is 3.79. The summed E-state index contributed by atoms with van der Waals surface area (Å²) in [6, 6.07) is 10.4. The van der Waals surface area contributed by atoms with Gasteiger partial charge < -0.3 is 4.74 Å². The average Bonchev–Trinajstić information content (AvgIpc) is 3.04. The maximum Gasteiger partial charge on any atom is 0.264 e. The third-order valence-electron chi connectivity index (χ3n) is 4.51. The van der Waals surface area contributed by atoms with Crippen LogP contribution in [0.2, 0.25) is 0 Å². The molecule has 5 heteroatoms. The second-order valence-corrected chi connectivity index (χ2v) is 7.76. The highest BCUT2D eigenvalue weighted by molar-refractivity contribution is 7.14. The molecule has 1 N–H and O–H groups in total. The molecule has 0 fully saturated rings. The van der Waals surface area contributed by atoms with Crippen LogP contribution in [0.4, 0.5) is 5.13 Å². The summed E-state index contributed by atoms with van der Waals surface area (Å²) in [5.74, 6) is 0.557. The van der Waals surface area contributed by atoms with Gasteiger partial charge in [-0.15, -0.1) is 11.3 Å². The van der Waals surface area contributed by atoms with Crippen molar-refractivity contribution in [2.75, 3.05) is 11.9 Å². The number of carbonyl (C=O) groups excluding carboxylic acids is 1. The Morgan fingerprint density at radius 2 is 1.70 bits per heavy atom. The maximum atomic E-state index is 12.3. The van der Waals surface area contributed by atoms with E-state index in [9.17, 15) is 4.79 Å². The predicted octanol–water partition coefficient (Wildman–Crippen LogP) is 5.37. The number of benzene rings is 2. The van der Waals surface area contributed by atoms with Gasteiger partial charge in [-0.2, -0.15) is 0 Å². The summed E-state index contributed by atoms with van der Waals surface area (Å²) in [4.78, 5) is 16.8. The second kappa shape index (κ2) is 7.92. The summed E-state index contributed by atoms with van der Waals surface area (Å²) in [6.07, 6.45) is 0. The average molecular weight is 381 g/mol. The number of ether oxygens (including phenoxy) is 1. The minimum absolute atomic E-state index is 0.0384. The highest BCUT2D eigenvalue weighted by Crippen LogP contribution is 2.27. The van der Waals surface area contributed by atoms with Crippen molar-refractivity contribution in [3.05, 3.63) is 63.5 Å². The largest absolute Gasteiger partial charge is 0.483 e. The number of amides is 1. The Hall–Kier alpha value is -2.66. The molecule has 1 aromatic heterocycles. The molecule has 0 saturated carbocycles. The van der Waals surface area contributed by atoms with Gasteiger partial charge in [-0.05, 0) is 62.9 Å². The van der Waals surface area contributed by atoms with Crippen LogP contribution in [-0.2, 0) is 4.79 Å². The van der Waals surface area contributed by atoms with E-state index in [4.69, 9.17) is 4.74 Å². The summed E-state index contributed by atoms with van der Waals surface area (Å²) in [5.41, 5.74) is 7.65. The van der Waals surface area contributed by atoms with E-state index in [0.29, 0.717) is 5.13 Å². The summed E-state index contributed by atoms with van der Waals surface area (Å²) < 4.78 is 5.74. The predicted molar refractivity (Wildman–Crippen MR) is 112 cm³/mol. The molecule has 2 aromatic carbocycles. The lowest BCUT2D eigenvalue weighted by Crippen LogP contribution is -2.20. The number of hydrogen-bond donors (Lipinski definition) is 1. The highest BCUT2D eigenvalue weighted by Gasteiger charge is 2.11. The van der Waals surface area contributed by atoms with Gasteiger partial charge in [0.2, 0.25) is 0 Å². The molecule has 4 nitrogen and oxygen atoms in total. The number of carbonyl (C=O) groups is 1. The lowest BCUT2D eigenvalue weighted by molar-refractivity contribution is -0.118. The third-order valence-corrected chi connectivity index (χ3v) is 5.26. The van der Waals surface area contributed by atoms with E-state index in [1.165, 1.54) is 28.0 Å². The van der Waals surface area contributed by atoms with Crippen molar-refractivity contribution < 1.29 is 9.53 Å². The van der Waals surface area contributed by atoms with Crippen molar-refractivity contribution in [3.8, 4) is 17.0 Å². The fourth-order valence-electron chi connectivity index (χ4n) is 3.05. The summed E-state index contributed by atoms with van der Waals surface area (Å²) in [6.45, 7) is 10.2. The first-order chi connectivity index (χ1) is 12.8. The van der Waals surface area contributed by atoms with Crippen LogP contribution in [0.15, 0.2) is 35.7 Å². The van der Waals surface area contributed by atoms with E-state index in [-0.39, 0.29) is 12.5 Å². The number of nitrogens with zero attached hydrogens (tertiary/aromatic N) is 1. The van der Waals surface area contributed by atoms with Crippen LogP contribution >= 0.6 is 11.3 Å². The Morgan fingerprint density at radius 3 is 2.37 bits per heavy atom. The molecule has 0 aliphatic carbocycles. The van der Waals surface area contributed by atoms with Crippen molar-refractivity contribution >= 4 is 22.4 Å². The van der Waals surface area contributed by atoms with Gasteiger partial charge in [0.25, 0.3) is 5.91 Å². The smallest absolute Gasteiger partial charge is 0.264 e. The zero-order chi connectivity index (χ0) is 19.6. The van der Waals surface area contributed by atoms with Crippen molar-refractivity contribution in [1.29, 1.82) is 0 Å². The van der Waals surface area contributed by atoms with Crippen LogP contribution in [0, 0.1) is 34.6 Å². The third kappa shape index (κ3) is 4.55. The molecular formula is C22H24N2O2S. The normalized spacial score (nSPS) is 10.7. The van der Waals surface area contributed by atoms with E-state index >= 15 is 0 Å². The van der Waals surface area contributed by atoms with Gasteiger partial charge in [-0.3, -0.25) is 10.1 Å². The Bertz CT molecular complexity index is 969. The van der Waals surface area contributed by atoms with Gasteiger partial charge >= 0.3 is 0 Å². The zero-order valence-corrected chi connectivity index (χ0v) is 17.2. The molecule has 0 spiro atoms. The molecule has 3 rings (SSSR count). The van der Waals surface area contributed by atoms with Crippen LogP contribution in [0.25, 0.3) is 11.3 Å². The van der Waals surface area contributed by atoms with Crippen LogP contribution < -0.4 is 10.1 Å². The highest BCUT2D eigenvalue weighted by atomic mass is 32.1. The molecule has 0 unspecified atom stereocenters. The minimum atomic E-state index is -0.213. The quantitative estimate of drug-likeness (QED) is 0.647. The summed E-state index contributed by atoms with van der Waals surface area (Å²) in [5, 5.41) is 5.35. The molecule has 0 radical (unpaired) electrons. The monoisotopic (exact) mass is 380 g/mol. The minimum Gasteiger partial charge on any atom is -0.483 e. The van der Waals surface area contributed by atoms with Gasteiger partial charge in [0, 0.05) is 10.9 Å². The number of thiazole rings is 1. The molecule has 27 heavy (non-hydrogen) atoms. The molecule has 1 amide bonds. The zero-order valence-electron chi connectivity index (χ0n) is 16.3. The number of hydrogen-bond acceptors (Lipinski definition) is 4. The number of anilines is 1. The first kappa shape index (κ1) is 19.1. The van der Waals surface area contributed by atoms with Crippen LogP contribution in [0.1, 0.15) is 27.8 Å². The second-order valence-electron chi connectivity index (χ2n) is 6.90. The summed E-state index contributed by atoms with van der Waals surface area (Å²) in [7, 11) is 0. The van der Waals surface area contributed by atoms with Crippen LogP contribution in [0.3, 0.4) is 0 Å². The molecule has 0 bridgehead atoms. The standard InChI is InChI=1S/C22H24N2O2S/c1-13-8-16(4)21(17(5)9-13)26-11-20(25)24-22-23-19(12-27-22)18-7-6-14(2)15(3)10-18/h6-10,12H,11H2,1-5H3,(H,23,24,25). The Balaban J connectivity index is 1.64. The summed E-state index contributed by atoms with van der Waals surface area (Å²) >= 11 is 1.41. The van der Waals surface area contributed by atoms with E-state index in [0.717, 1.165) is 28.1 Å². The first-order valence-corrected chi connectivity index (χ1v) is 9.75. The van der Waals surface area contributed by atoms with Gasteiger partial charge in [0.15, 0.2) is 11.7 Å². The lowest BCUT2D eigenvalue weighted by Gasteiger charge is -2.12. The van der Waals surface area contributed by atoms with E-state index < -0.39 is 0 Å². The van der Waals surface area contributed by atoms with Crippen LogP contribution in [-0.4, -0.2) is 17.5 Å². The number of nitrogens with one attached hydrogen (secondary N) is 1. The van der Waals surface area contributed by atoms with Gasteiger partial charge in [0.1, 0.15) is 5.75 Å². The van der Waals surface area contributed by atoms with Crippen molar-refractivity contribution in [3.63, 3.8) is 0 Å². The molecule has 0 saturated heterocycles. The lowest BCUT2D eigenvalue weighted by atomic mass is 10.1. The Morgan fingerprint density at radius 1 is 1.00 bits per heavy atom. The number of aromatic nitrogens is 1. The molecule has 0 aliphatic rings. The van der Waals surface area contributed by atoms with E-state index in [2.05, 4.69) is 54.5 Å². The van der Waals surface area contributed by atoms with Crippen molar-refractivity contribution in [1.82, 2.24) is 4.98 Å². The van der Waals surface area contributed by atoms with Crippen molar-refractivity contribution in [2.45, 2.75) is 34.6 Å². The molecule has 0 atom stereocenters. The number of rotatable bonds is 5. The topological polar surface area (TPSA) is 51.2 Å². The molecule has 3 aromatic rings. The van der Waals surface area contributed by atoms with E-state index in [1.807, 2.05) is 26.2 Å².